The monoisotopic (exact) mass is 320 g/mol. The Hall–Kier alpha value is -1.55. The first-order valence-corrected chi connectivity index (χ1v) is 7.14. The SMILES string of the molecule is CCCNc1ccnc(COc2ccc(Br)cc2)c1. The Morgan fingerprint density at radius 1 is 1.21 bits per heavy atom. The fourth-order valence-corrected chi connectivity index (χ4v) is 1.89. The maximum absolute atomic E-state index is 5.70. The van der Waals surface area contributed by atoms with Crippen LogP contribution < -0.4 is 10.1 Å². The number of rotatable bonds is 6. The van der Waals surface area contributed by atoms with Crippen molar-refractivity contribution in [3.63, 3.8) is 0 Å². The molecule has 2 aromatic rings. The molecule has 0 atom stereocenters. The second-order valence-corrected chi connectivity index (χ2v) is 5.12. The van der Waals surface area contributed by atoms with E-state index in [1.54, 1.807) is 6.20 Å². The number of hydrogen-bond acceptors (Lipinski definition) is 3. The van der Waals surface area contributed by atoms with Crippen LogP contribution in [-0.2, 0) is 6.61 Å². The molecule has 19 heavy (non-hydrogen) atoms. The van der Waals surface area contributed by atoms with Gasteiger partial charge in [0.1, 0.15) is 12.4 Å². The Balaban J connectivity index is 1.93. The van der Waals surface area contributed by atoms with Crippen LogP contribution in [0.25, 0.3) is 0 Å². The van der Waals surface area contributed by atoms with Crippen LogP contribution in [0.3, 0.4) is 0 Å². The van der Waals surface area contributed by atoms with Crippen LogP contribution in [0.15, 0.2) is 47.1 Å². The normalized spacial score (nSPS) is 10.2. The van der Waals surface area contributed by atoms with Crippen molar-refractivity contribution >= 4 is 21.6 Å². The zero-order valence-corrected chi connectivity index (χ0v) is 12.5. The molecule has 1 aromatic heterocycles. The van der Waals surface area contributed by atoms with Gasteiger partial charge in [0.2, 0.25) is 0 Å². The van der Waals surface area contributed by atoms with Gasteiger partial charge in [0.15, 0.2) is 0 Å². The van der Waals surface area contributed by atoms with Crippen LogP contribution >= 0.6 is 15.9 Å². The van der Waals surface area contributed by atoms with Gasteiger partial charge in [0.25, 0.3) is 0 Å². The average molecular weight is 321 g/mol. The number of ether oxygens (including phenoxy) is 1. The lowest BCUT2D eigenvalue weighted by Gasteiger charge is -2.08. The van der Waals surface area contributed by atoms with Gasteiger partial charge in [-0.15, -0.1) is 0 Å². The second-order valence-electron chi connectivity index (χ2n) is 4.21. The van der Waals surface area contributed by atoms with Crippen LogP contribution in [0.1, 0.15) is 19.0 Å². The molecule has 0 fully saturated rings. The van der Waals surface area contributed by atoms with E-state index in [-0.39, 0.29) is 0 Å². The fourth-order valence-electron chi connectivity index (χ4n) is 1.62. The minimum Gasteiger partial charge on any atom is -0.487 e. The van der Waals surface area contributed by atoms with Gasteiger partial charge in [-0.2, -0.15) is 0 Å². The molecular weight excluding hydrogens is 304 g/mol. The molecule has 3 nitrogen and oxygen atoms in total. The molecule has 0 aliphatic heterocycles. The van der Waals surface area contributed by atoms with E-state index in [9.17, 15) is 0 Å². The van der Waals surface area contributed by atoms with Crippen molar-refractivity contribution < 1.29 is 4.74 Å². The lowest BCUT2D eigenvalue weighted by Crippen LogP contribution is -2.03. The highest BCUT2D eigenvalue weighted by molar-refractivity contribution is 9.10. The van der Waals surface area contributed by atoms with Crippen LogP contribution in [0.4, 0.5) is 5.69 Å². The first kappa shape index (κ1) is 13.9. The fraction of sp³-hybridized carbons (Fsp3) is 0.267. The third-order valence-corrected chi connectivity index (χ3v) is 3.12. The number of hydrogen-bond donors (Lipinski definition) is 1. The largest absolute Gasteiger partial charge is 0.487 e. The van der Waals surface area contributed by atoms with Gasteiger partial charge in [0, 0.05) is 22.9 Å². The van der Waals surface area contributed by atoms with Crippen molar-refractivity contribution in [3.8, 4) is 5.75 Å². The summed E-state index contributed by atoms with van der Waals surface area (Å²) in [6, 6.07) is 11.8. The predicted octanol–water partition coefficient (Wildman–Crippen LogP) is 4.25. The van der Waals surface area contributed by atoms with E-state index < -0.39 is 0 Å². The summed E-state index contributed by atoms with van der Waals surface area (Å²) in [7, 11) is 0. The highest BCUT2D eigenvalue weighted by atomic mass is 79.9. The van der Waals surface area contributed by atoms with Gasteiger partial charge in [-0.1, -0.05) is 22.9 Å². The van der Waals surface area contributed by atoms with Crippen molar-refractivity contribution in [2.45, 2.75) is 20.0 Å². The van der Waals surface area contributed by atoms with E-state index in [2.05, 4.69) is 33.2 Å². The highest BCUT2D eigenvalue weighted by Gasteiger charge is 1.99. The Morgan fingerprint density at radius 3 is 2.74 bits per heavy atom. The minimum atomic E-state index is 0.475. The quantitative estimate of drug-likeness (QED) is 0.864. The average Bonchev–Trinajstić information content (AvgIpc) is 2.45. The van der Waals surface area contributed by atoms with Crippen LogP contribution in [0.5, 0.6) is 5.75 Å². The first-order valence-electron chi connectivity index (χ1n) is 6.35. The van der Waals surface area contributed by atoms with Gasteiger partial charge in [-0.3, -0.25) is 4.98 Å². The van der Waals surface area contributed by atoms with E-state index in [1.165, 1.54) is 0 Å². The molecule has 1 aromatic carbocycles. The Bertz CT molecular complexity index is 514. The van der Waals surface area contributed by atoms with Gasteiger partial charge >= 0.3 is 0 Å². The summed E-state index contributed by atoms with van der Waals surface area (Å²) < 4.78 is 6.74. The first-order chi connectivity index (χ1) is 9.28. The molecule has 0 aliphatic carbocycles. The molecule has 0 radical (unpaired) electrons. The summed E-state index contributed by atoms with van der Waals surface area (Å²) in [6.45, 7) is 3.59. The Labute approximate surface area is 122 Å². The van der Waals surface area contributed by atoms with Crippen LogP contribution in [0.2, 0.25) is 0 Å². The molecule has 0 unspecified atom stereocenters. The van der Waals surface area contributed by atoms with Crippen molar-refractivity contribution in [1.29, 1.82) is 0 Å². The standard InChI is InChI=1S/C15H17BrN2O/c1-2-8-17-13-7-9-18-14(10-13)11-19-15-5-3-12(16)4-6-15/h3-7,9-10H,2,8,11H2,1H3,(H,17,18). The summed E-state index contributed by atoms with van der Waals surface area (Å²) in [5.74, 6) is 0.844. The zero-order chi connectivity index (χ0) is 13.5. The molecule has 0 spiro atoms. The third kappa shape index (κ3) is 4.56. The highest BCUT2D eigenvalue weighted by Crippen LogP contribution is 2.17. The molecule has 0 amide bonds. The number of halogens is 1. The zero-order valence-electron chi connectivity index (χ0n) is 10.9. The number of nitrogens with one attached hydrogen (secondary N) is 1. The molecule has 1 heterocycles. The number of benzene rings is 1. The van der Waals surface area contributed by atoms with Crippen LogP contribution in [-0.4, -0.2) is 11.5 Å². The maximum atomic E-state index is 5.70. The molecule has 0 saturated heterocycles. The summed E-state index contributed by atoms with van der Waals surface area (Å²) in [5.41, 5.74) is 2.01. The van der Waals surface area contributed by atoms with E-state index in [4.69, 9.17) is 4.74 Å². The molecule has 0 aliphatic rings. The maximum Gasteiger partial charge on any atom is 0.130 e. The van der Waals surface area contributed by atoms with Gasteiger partial charge in [0.05, 0.1) is 5.69 Å². The third-order valence-electron chi connectivity index (χ3n) is 2.60. The number of anilines is 1. The second kappa shape index (κ2) is 7.14. The Morgan fingerprint density at radius 2 is 2.00 bits per heavy atom. The van der Waals surface area contributed by atoms with Crippen molar-refractivity contribution in [2.24, 2.45) is 0 Å². The summed E-state index contributed by atoms with van der Waals surface area (Å²) >= 11 is 3.40. The molecule has 100 valence electrons. The molecule has 4 heteroatoms. The predicted molar refractivity (Wildman–Crippen MR) is 81.5 cm³/mol. The minimum absolute atomic E-state index is 0.475. The summed E-state index contributed by atoms with van der Waals surface area (Å²) in [5, 5.41) is 3.34. The molecule has 1 N–H and O–H groups in total. The summed E-state index contributed by atoms with van der Waals surface area (Å²) in [4.78, 5) is 4.31. The number of pyridine rings is 1. The number of nitrogens with zero attached hydrogens (tertiary/aromatic N) is 1. The van der Waals surface area contributed by atoms with Gasteiger partial charge in [-0.25, -0.2) is 0 Å². The van der Waals surface area contributed by atoms with Crippen LogP contribution in [0, 0.1) is 0 Å². The smallest absolute Gasteiger partial charge is 0.130 e. The van der Waals surface area contributed by atoms with E-state index >= 15 is 0 Å². The van der Waals surface area contributed by atoms with E-state index in [0.717, 1.165) is 34.6 Å². The van der Waals surface area contributed by atoms with E-state index in [1.807, 2.05) is 36.4 Å². The van der Waals surface area contributed by atoms with Gasteiger partial charge in [-0.05, 0) is 42.8 Å². The molecular formula is C15H17BrN2O. The van der Waals surface area contributed by atoms with Crippen molar-refractivity contribution in [1.82, 2.24) is 4.98 Å². The molecule has 0 saturated carbocycles. The lowest BCUT2D eigenvalue weighted by atomic mass is 10.3. The van der Waals surface area contributed by atoms with E-state index in [0.29, 0.717) is 6.61 Å². The topological polar surface area (TPSA) is 34.2 Å². The molecule has 2 rings (SSSR count). The van der Waals surface area contributed by atoms with Gasteiger partial charge < -0.3 is 10.1 Å². The summed E-state index contributed by atoms with van der Waals surface area (Å²) in [6.07, 6.45) is 2.91. The van der Waals surface area contributed by atoms with Crippen molar-refractivity contribution in [2.75, 3.05) is 11.9 Å². The number of aromatic nitrogens is 1. The lowest BCUT2D eigenvalue weighted by molar-refractivity contribution is 0.301. The molecule has 0 bridgehead atoms. The Kier molecular flexibility index (Phi) is 5.21. The van der Waals surface area contributed by atoms with Crippen molar-refractivity contribution in [3.05, 3.63) is 52.8 Å².